The molecule has 0 radical (unpaired) electrons. The molecular formula is C12H18N2O. The number of rotatable bonds is 6. The minimum atomic E-state index is 0.658. The molecule has 3 nitrogen and oxygen atoms in total. The summed E-state index contributed by atoms with van der Waals surface area (Å²) in [4.78, 5) is 0. The molecule has 0 fully saturated rings. The molecule has 1 heterocycles. The molecule has 0 atom stereocenters. The smallest absolute Gasteiger partial charge is 0.105 e. The topological polar surface area (TPSA) is 49.0 Å². The van der Waals surface area contributed by atoms with Crippen molar-refractivity contribution in [1.29, 1.82) is 5.26 Å². The highest BCUT2D eigenvalue weighted by Crippen LogP contribution is 2.12. The molecule has 0 aliphatic carbocycles. The quantitative estimate of drug-likeness (QED) is 0.728. The largest absolute Gasteiger partial charge is 0.466 e. The van der Waals surface area contributed by atoms with Crippen LogP contribution < -0.4 is 5.32 Å². The first kappa shape index (κ1) is 11.8. The molecule has 1 aromatic rings. The maximum atomic E-state index is 8.36. The number of unbranched alkanes of at least 4 members (excludes halogenated alkanes) is 2. The van der Waals surface area contributed by atoms with Crippen molar-refractivity contribution in [2.24, 2.45) is 0 Å². The van der Waals surface area contributed by atoms with Crippen LogP contribution in [0.2, 0.25) is 0 Å². The standard InChI is InChI=1S/C12H18N2O/c1-10-8-12(11(2)15-10)9-14-7-5-3-4-6-13/h8,14H,3-5,7,9H2,1-2H3. The minimum Gasteiger partial charge on any atom is -0.466 e. The maximum Gasteiger partial charge on any atom is 0.105 e. The van der Waals surface area contributed by atoms with Crippen molar-refractivity contribution < 1.29 is 4.42 Å². The number of nitrogens with zero attached hydrogens (tertiary/aromatic N) is 1. The van der Waals surface area contributed by atoms with Crippen LogP contribution in [0.15, 0.2) is 10.5 Å². The lowest BCUT2D eigenvalue weighted by Gasteiger charge is -2.02. The van der Waals surface area contributed by atoms with Crippen LogP contribution in [0.1, 0.15) is 36.3 Å². The number of hydrogen-bond acceptors (Lipinski definition) is 3. The molecule has 0 aliphatic rings. The third-order valence-electron chi connectivity index (χ3n) is 2.35. The number of furan rings is 1. The number of hydrogen-bond donors (Lipinski definition) is 1. The summed E-state index contributed by atoms with van der Waals surface area (Å²) in [6.07, 6.45) is 2.70. The van der Waals surface area contributed by atoms with E-state index in [0.29, 0.717) is 6.42 Å². The summed E-state index contributed by atoms with van der Waals surface area (Å²) < 4.78 is 5.43. The van der Waals surface area contributed by atoms with Gasteiger partial charge in [-0.05, 0) is 39.3 Å². The van der Waals surface area contributed by atoms with Gasteiger partial charge in [-0.1, -0.05) is 0 Å². The zero-order chi connectivity index (χ0) is 11.1. The highest BCUT2D eigenvalue weighted by molar-refractivity contribution is 5.19. The predicted octanol–water partition coefficient (Wildman–Crippen LogP) is 2.68. The van der Waals surface area contributed by atoms with E-state index in [0.717, 1.165) is 37.5 Å². The third kappa shape index (κ3) is 4.18. The summed E-state index contributed by atoms with van der Waals surface area (Å²) in [5.74, 6) is 1.96. The van der Waals surface area contributed by atoms with Crippen LogP contribution in [0.5, 0.6) is 0 Å². The molecule has 82 valence electrons. The first-order chi connectivity index (χ1) is 7.24. The SMILES string of the molecule is Cc1cc(CNCCCCC#N)c(C)o1. The third-order valence-corrected chi connectivity index (χ3v) is 2.35. The van der Waals surface area contributed by atoms with E-state index in [1.54, 1.807) is 0 Å². The van der Waals surface area contributed by atoms with Gasteiger partial charge in [0, 0.05) is 18.5 Å². The van der Waals surface area contributed by atoms with Crippen molar-refractivity contribution in [3.8, 4) is 6.07 Å². The van der Waals surface area contributed by atoms with E-state index >= 15 is 0 Å². The van der Waals surface area contributed by atoms with Crippen LogP contribution in [-0.4, -0.2) is 6.54 Å². The Hall–Kier alpha value is -1.27. The molecule has 0 aromatic carbocycles. The van der Waals surface area contributed by atoms with Crippen molar-refractivity contribution in [3.05, 3.63) is 23.2 Å². The molecule has 0 spiro atoms. The molecule has 0 saturated carbocycles. The van der Waals surface area contributed by atoms with E-state index in [1.807, 2.05) is 13.8 Å². The lowest BCUT2D eigenvalue weighted by atomic mass is 10.2. The Kier molecular flexibility index (Phi) is 4.92. The van der Waals surface area contributed by atoms with Crippen LogP contribution >= 0.6 is 0 Å². The Labute approximate surface area is 91.1 Å². The van der Waals surface area contributed by atoms with Crippen LogP contribution in [0, 0.1) is 25.2 Å². The molecule has 0 saturated heterocycles. The van der Waals surface area contributed by atoms with E-state index in [9.17, 15) is 0 Å². The summed E-state index contributed by atoms with van der Waals surface area (Å²) in [5, 5.41) is 11.7. The van der Waals surface area contributed by atoms with E-state index in [1.165, 1.54) is 5.56 Å². The van der Waals surface area contributed by atoms with Gasteiger partial charge in [-0.15, -0.1) is 0 Å². The Morgan fingerprint density at radius 3 is 2.80 bits per heavy atom. The second kappa shape index (κ2) is 6.26. The lowest BCUT2D eigenvalue weighted by molar-refractivity contribution is 0.498. The first-order valence-electron chi connectivity index (χ1n) is 5.37. The fourth-order valence-corrected chi connectivity index (χ4v) is 1.54. The van der Waals surface area contributed by atoms with Crippen LogP contribution in [-0.2, 0) is 6.54 Å². The summed E-state index contributed by atoms with van der Waals surface area (Å²) in [5.41, 5.74) is 1.23. The summed E-state index contributed by atoms with van der Waals surface area (Å²) in [7, 11) is 0. The molecule has 0 amide bonds. The molecule has 1 rings (SSSR count). The van der Waals surface area contributed by atoms with Gasteiger partial charge in [0.25, 0.3) is 0 Å². The molecule has 0 bridgehead atoms. The Morgan fingerprint density at radius 1 is 1.40 bits per heavy atom. The second-order valence-electron chi connectivity index (χ2n) is 3.73. The maximum absolute atomic E-state index is 8.36. The molecule has 15 heavy (non-hydrogen) atoms. The van der Waals surface area contributed by atoms with Crippen molar-refractivity contribution in [2.75, 3.05) is 6.54 Å². The van der Waals surface area contributed by atoms with Gasteiger partial charge in [0.05, 0.1) is 6.07 Å². The number of nitriles is 1. The van der Waals surface area contributed by atoms with Gasteiger partial charge in [-0.2, -0.15) is 5.26 Å². The monoisotopic (exact) mass is 206 g/mol. The van der Waals surface area contributed by atoms with Gasteiger partial charge in [-0.25, -0.2) is 0 Å². The molecule has 1 aromatic heterocycles. The molecule has 1 N–H and O–H groups in total. The van der Waals surface area contributed by atoms with Gasteiger partial charge >= 0.3 is 0 Å². The van der Waals surface area contributed by atoms with Crippen molar-refractivity contribution in [3.63, 3.8) is 0 Å². The normalized spacial score (nSPS) is 10.2. The summed E-state index contributed by atoms with van der Waals surface area (Å²) >= 11 is 0. The van der Waals surface area contributed by atoms with Gasteiger partial charge in [0.1, 0.15) is 11.5 Å². The highest BCUT2D eigenvalue weighted by atomic mass is 16.3. The fourth-order valence-electron chi connectivity index (χ4n) is 1.54. The van der Waals surface area contributed by atoms with Crippen molar-refractivity contribution in [1.82, 2.24) is 5.32 Å². The Bertz CT molecular complexity index is 336. The Balaban J connectivity index is 2.15. The Morgan fingerprint density at radius 2 is 2.20 bits per heavy atom. The number of nitrogens with one attached hydrogen (secondary N) is 1. The van der Waals surface area contributed by atoms with Crippen LogP contribution in [0.3, 0.4) is 0 Å². The highest BCUT2D eigenvalue weighted by Gasteiger charge is 2.02. The summed E-state index contributed by atoms with van der Waals surface area (Å²) in [6.45, 7) is 5.77. The van der Waals surface area contributed by atoms with Gasteiger partial charge < -0.3 is 9.73 Å². The second-order valence-corrected chi connectivity index (χ2v) is 3.73. The predicted molar refractivity (Wildman–Crippen MR) is 59.4 cm³/mol. The van der Waals surface area contributed by atoms with E-state index in [2.05, 4.69) is 17.5 Å². The number of aryl methyl sites for hydroxylation is 2. The molecule has 0 unspecified atom stereocenters. The fraction of sp³-hybridized carbons (Fsp3) is 0.583. The molecule has 3 heteroatoms. The van der Waals surface area contributed by atoms with Gasteiger partial charge in [-0.3, -0.25) is 0 Å². The van der Waals surface area contributed by atoms with E-state index in [-0.39, 0.29) is 0 Å². The van der Waals surface area contributed by atoms with E-state index < -0.39 is 0 Å². The molecule has 0 aliphatic heterocycles. The molecular weight excluding hydrogens is 188 g/mol. The van der Waals surface area contributed by atoms with Crippen molar-refractivity contribution >= 4 is 0 Å². The minimum absolute atomic E-state index is 0.658. The van der Waals surface area contributed by atoms with E-state index in [4.69, 9.17) is 9.68 Å². The average molecular weight is 206 g/mol. The lowest BCUT2D eigenvalue weighted by Crippen LogP contribution is -2.14. The summed E-state index contributed by atoms with van der Waals surface area (Å²) in [6, 6.07) is 4.21. The van der Waals surface area contributed by atoms with Gasteiger partial charge in [0.2, 0.25) is 0 Å². The van der Waals surface area contributed by atoms with Gasteiger partial charge in [0.15, 0.2) is 0 Å². The average Bonchev–Trinajstić information content (AvgIpc) is 2.51. The van der Waals surface area contributed by atoms with Crippen molar-refractivity contribution in [2.45, 2.75) is 39.7 Å². The van der Waals surface area contributed by atoms with Crippen LogP contribution in [0.4, 0.5) is 0 Å². The zero-order valence-electron chi connectivity index (χ0n) is 9.47. The zero-order valence-corrected chi connectivity index (χ0v) is 9.47. The van der Waals surface area contributed by atoms with Crippen LogP contribution in [0.25, 0.3) is 0 Å². The first-order valence-corrected chi connectivity index (χ1v) is 5.37.